The average molecular weight is 459 g/mol. The Kier molecular flexibility index (Phi) is 6.36. The summed E-state index contributed by atoms with van der Waals surface area (Å²) < 4.78 is 18.0. The normalized spacial score (nSPS) is 18.8. The Balaban J connectivity index is 2.25. The lowest BCUT2D eigenvalue weighted by Gasteiger charge is -2.41. The molecule has 0 fully saturated rings. The van der Waals surface area contributed by atoms with E-state index in [1.165, 1.54) is 6.07 Å². The second-order valence-corrected chi connectivity index (χ2v) is 10.2. The van der Waals surface area contributed by atoms with Gasteiger partial charge in [0.25, 0.3) is 0 Å². The summed E-state index contributed by atoms with van der Waals surface area (Å²) in [6.07, 6.45) is 0. The van der Waals surface area contributed by atoms with E-state index in [9.17, 15) is 9.59 Å². The molecule has 0 spiro atoms. The van der Waals surface area contributed by atoms with Crippen molar-refractivity contribution in [3.63, 3.8) is 0 Å². The number of fused-ring (bicyclic) bond motifs is 1. The Morgan fingerprint density at radius 1 is 1.19 bits per heavy atom. The minimum absolute atomic E-state index is 0.151. The Hall–Kier alpha value is -2.53. The average Bonchev–Trinajstić information content (AvgIpc) is 2.64. The van der Waals surface area contributed by atoms with E-state index in [0.717, 1.165) is 5.57 Å². The van der Waals surface area contributed by atoms with Gasteiger partial charge in [-0.15, -0.1) is 0 Å². The van der Waals surface area contributed by atoms with Gasteiger partial charge in [-0.3, -0.25) is 4.79 Å². The summed E-state index contributed by atoms with van der Waals surface area (Å²) in [6.45, 7) is 15.6. The molecule has 2 aromatic rings. The van der Waals surface area contributed by atoms with E-state index in [2.05, 4.69) is 0 Å². The first-order chi connectivity index (χ1) is 14.8. The highest BCUT2D eigenvalue weighted by molar-refractivity contribution is 6.31. The van der Waals surface area contributed by atoms with Crippen molar-refractivity contribution in [1.29, 1.82) is 0 Å². The van der Waals surface area contributed by atoms with Crippen molar-refractivity contribution in [1.82, 2.24) is 0 Å². The van der Waals surface area contributed by atoms with Gasteiger partial charge < -0.3 is 13.9 Å². The quantitative estimate of drug-likeness (QED) is 0.486. The molecule has 1 aliphatic rings. The van der Waals surface area contributed by atoms with Crippen LogP contribution in [-0.4, -0.2) is 18.2 Å². The molecule has 0 saturated carbocycles. The van der Waals surface area contributed by atoms with Crippen LogP contribution in [0.1, 0.15) is 67.1 Å². The van der Waals surface area contributed by atoms with Crippen molar-refractivity contribution in [3.05, 3.63) is 67.8 Å². The number of hydrogen-bond donors (Lipinski definition) is 0. The molecule has 1 atom stereocenters. The third kappa shape index (κ3) is 4.36. The van der Waals surface area contributed by atoms with Gasteiger partial charge in [0.2, 0.25) is 0 Å². The molecule has 3 rings (SSSR count). The number of hydrogen-bond acceptors (Lipinski definition) is 5. The summed E-state index contributed by atoms with van der Waals surface area (Å²) >= 11 is 6.14. The molecule has 1 heterocycles. The molecule has 1 aromatic carbocycles. The number of carbonyl (C=O) groups is 1. The van der Waals surface area contributed by atoms with Crippen LogP contribution in [0, 0.1) is 5.41 Å². The fraction of sp³-hybridized carbons (Fsp3) is 0.462. The van der Waals surface area contributed by atoms with Gasteiger partial charge >= 0.3 is 5.97 Å². The van der Waals surface area contributed by atoms with Gasteiger partial charge in [-0.2, -0.15) is 0 Å². The van der Waals surface area contributed by atoms with Crippen molar-refractivity contribution in [2.24, 2.45) is 5.41 Å². The molecule has 1 aliphatic carbocycles. The van der Waals surface area contributed by atoms with Gasteiger partial charge in [-0.1, -0.05) is 31.0 Å². The van der Waals surface area contributed by atoms with Crippen LogP contribution in [0.25, 0.3) is 11.0 Å². The minimum atomic E-state index is -0.623. The SMILES string of the molecule is CCOC1=C(C)C(C(=O)OC(C)(C)C)=C(C)C(C)(C)C1c1cc(=O)c2ccc(Cl)cc2o1. The number of rotatable bonds is 4. The van der Waals surface area contributed by atoms with Gasteiger partial charge in [-0.05, 0) is 53.7 Å². The summed E-state index contributed by atoms with van der Waals surface area (Å²) in [5.41, 5.74) is 1.12. The summed E-state index contributed by atoms with van der Waals surface area (Å²) in [4.78, 5) is 26.0. The summed E-state index contributed by atoms with van der Waals surface area (Å²) in [5, 5.41) is 0.952. The molecule has 172 valence electrons. The zero-order valence-electron chi connectivity index (χ0n) is 20.0. The van der Waals surface area contributed by atoms with Gasteiger partial charge in [-0.25, -0.2) is 4.79 Å². The van der Waals surface area contributed by atoms with Gasteiger partial charge in [0, 0.05) is 28.1 Å². The lowest BCUT2D eigenvalue weighted by Crippen LogP contribution is -2.35. The summed E-state index contributed by atoms with van der Waals surface area (Å²) in [7, 11) is 0. The number of esters is 1. The molecule has 0 saturated heterocycles. The highest BCUT2D eigenvalue weighted by Gasteiger charge is 2.46. The zero-order valence-corrected chi connectivity index (χ0v) is 20.8. The number of carbonyl (C=O) groups excluding carboxylic acids is 1. The van der Waals surface area contributed by atoms with Crippen LogP contribution < -0.4 is 5.43 Å². The van der Waals surface area contributed by atoms with E-state index >= 15 is 0 Å². The predicted octanol–water partition coefficient (Wildman–Crippen LogP) is 6.54. The Labute approximate surface area is 194 Å². The molecule has 5 nitrogen and oxygen atoms in total. The molecule has 1 aromatic heterocycles. The third-order valence-corrected chi connectivity index (χ3v) is 6.20. The molecule has 0 N–H and O–H groups in total. The summed E-state index contributed by atoms with van der Waals surface area (Å²) in [6, 6.07) is 6.49. The molecule has 32 heavy (non-hydrogen) atoms. The molecular weight excluding hydrogens is 428 g/mol. The maximum Gasteiger partial charge on any atom is 0.339 e. The Bertz CT molecular complexity index is 1190. The standard InChI is InChI=1S/C26H31ClO5/c1-9-30-23-14(2)21(24(29)32-25(4,5)6)15(3)26(7,8)22(23)20-13-18(28)17-11-10-16(27)12-19(17)31-20/h10-13,22H,9H2,1-8H3. The first-order valence-corrected chi connectivity index (χ1v) is 11.2. The lowest BCUT2D eigenvalue weighted by atomic mass is 9.65. The first kappa shape index (κ1) is 24.1. The maximum absolute atomic E-state index is 13.1. The van der Waals surface area contributed by atoms with E-state index in [-0.39, 0.29) is 11.4 Å². The fourth-order valence-corrected chi connectivity index (χ4v) is 4.41. The van der Waals surface area contributed by atoms with E-state index in [4.69, 9.17) is 25.5 Å². The summed E-state index contributed by atoms with van der Waals surface area (Å²) in [5.74, 6) is 0.293. The fourth-order valence-electron chi connectivity index (χ4n) is 4.24. The number of ether oxygens (including phenoxy) is 2. The smallest absolute Gasteiger partial charge is 0.339 e. The molecule has 0 aliphatic heterocycles. The maximum atomic E-state index is 13.1. The number of halogens is 1. The second kappa shape index (κ2) is 8.43. The van der Waals surface area contributed by atoms with Crippen LogP contribution in [0.5, 0.6) is 0 Å². The molecule has 6 heteroatoms. The monoisotopic (exact) mass is 458 g/mol. The van der Waals surface area contributed by atoms with Crippen molar-refractivity contribution >= 4 is 28.5 Å². The zero-order chi connectivity index (χ0) is 24.0. The van der Waals surface area contributed by atoms with E-state index in [0.29, 0.717) is 45.3 Å². The predicted molar refractivity (Wildman–Crippen MR) is 127 cm³/mol. The molecular formula is C26H31ClO5. The minimum Gasteiger partial charge on any atom is -0.497 e. The lowest BCUT2D eigenvalue weighted by molar-refractivity contribution is -0.149. The molecule has 0 radical (unpaired) electrons. The van der Waals surface area contributed by atoms with Crippen LogP contribution in [-0.2, 0) is 14.3 Å². The molecule has 1 unspecified atom stereocenters. The molecule has 0 amide bonds. The van der Waals surface area contributed by atoms with Gasteiger partial charge in [0.1, 0.15) is 22.7 Å². The van der Waals surface area contributed by atoms with Crippen LogP contribution in [0.2, 0.25) is 5.02 Å². The van der Waals surface area contributed by atoms with E-state index in [1.807, 2.05) is 55.4 Å². The van der Waals surface area contributed by atoms with E-state index in [1.54, 1.807) is 18.2 Å². The van der Waals surface area contributed by atoms with Gasteiger partial charge in [0.15, 0.2) is 5.43 Å². The topological polar surface area (TPSA) is 65.7 Å². The van der Waals surface area contributed by atoms with Crippen LogP contribution in [0.15, 0.2) is 56.0 Å². The Morgan fingerprint density at radius 3 is 2.44 bits per heavy atom. The number of allylic oxidation sites excluding steroid dienone is 2. The van der Waals surface area contributed by atoms with Crippen LogP contribution in [0.3, 0.4) is 0 Å². The Morgan fingerprint density at radius 2 is 1.84 bits per heavy atom. The largest absolute Gasteiger partial charge is 0.497 e. The van der Waals surface area contributed by atoms with Crippen molar-refractivity contribution in [3.8, 4) is 0 Å². The first-order valence-electron chi connectivity index (χ1n) is 10.8. The number of benzene rings is 1. The van der Waals surface area contributed by atoms with E-state index < -0.39 is 16.9 Å². The van der Waals surface area contributed by atoms with Crippen molar-refractivity contribution < 1.29 is 18.7 Å². The van der Waals surface area contributed by atoms with Crippen molar-refractivity contribution in [2.75, 3.05) is 6.61 Å². The molecule has 0 bridgehead atoms. The van der Waals surface area contributed by atoms with Crippen molar-refractivity contribution in [2.45, 2.75) is 66.9 Å². The second-order valence-electron chi connectivity index (χ2n) is 9.73. The third-order valence-electron chi connectivity index (χ3n) is 5.97. The van der Waals surface area contributed by atoms with Gasteiger partial charge in [0.05, 0.1) is 23.5 Å². The van der Waals surface area contributed by atoms with Crippen LogP contribution in [0.4, 0.5) is 0 Å². The van der Waals surface area contributed by atoms with Crippen LogP contribution >= 0.6 is 11.6 Å². The highest BCUT2D eigenvalue weighted by atomic mass is 35.5. The highest BCUT2D eigenvalue weighted by Crippen LogP contribution is 2.53.